The van der Waals surface area contributed by atoms with Gasteiger partial charge in [-0.3, -0.25) is 0 Å². The largest absolute Gasteiger partial charge is 0.463 e. The van der Waals surface area contributed by atoms with Gasteiger partial charge in [-0.15, -0.1) is 0 Å². The van der Waals surface area contributed by atoms with Crippen LogP contribution < -0.4 is 5.32 Å². The highest BCUT2D eigenvalue weighted by atomic mass is 35.5. The number of allylic oxidation sites excluding steroid dienone is 1. The lowest BCUT2D eigenvalue weighted by Gasteiger charge is -2.38. The molecule has 0 aromatic heterocycles. The molecule has 0 saturated carbocycles. The number of carbonyl (C=O) groups excluding carboxylic acids is 1. The highest BCUT2D eigenvalue weighted by Crippen LogP contribution is 2.38. The van der Waals surface area contributed by atoms with Crippen LogP contribution in [0, 0.1) is 0 Å². The Kier molecular flexibility index (Phi) is 6.18. The first-order valence-electron chi connectivity index (χ1n) is 10.1. The van der Waals surface area contributed by atoms with E-state index >= 15 is 0 Å². The minimum absolute atomic E-state index is 0.289. The van der Waals surface area contributed by atoms with Gasteiger partial charge in [0.2, 0.25) is 0 Å². The number of nitrogens with zero attached hydrogens (tertiary/aromatic N) is 3. The Morgan fingerprint density at radius 2 is 1.81 bits per heavy atom. The summed E-state index contributed by atoms with van der Waals surface area (Å²) in [5, 5.41) is 3.70. The SMILES string of the molecule is CCOC(=O)C1=C(C)N=C2C(NCc3ccccc3)=C(Cl)N=CN2C1c1ccccc1. The number of fused-ring (bicyclic) bond motifs is 1. The van der Waals surface area contributed by atoms with E-state index in [9.17, 15) is 4.79 Å². The molecule has 0 spiro atoms. The Bertz CT molecular complexity index is 1090. The van der Waals surface area contributed by atoms with Crippen LogP contribution >= 0.6 is 11.6 Å². The second-order valence-electron chi connectivity index (χ2n) is 7.12. The van der Waals surface area contributed by atoms with Crippen LogP contribution in [0.15, 0.2) is 92.8 Å². The summed E-state index contributed by atoms with van der Waals surface area (Å²) < 4.78 is 5.35. The van der Waals surface area contributed by atoms with Crippen molar-refractivity contribution in [3.63, 3.8) is 0 Å². The zero-order valence-corrected chi connectivity index (χ0v) is 18.1. The van der Waals surface area contributed by atoms with Gasteiger partial charge in [-0.25, -0.2) is 14.8 Å². The van der Waals surface area contributed by atoms with E-state index in [4.69, 9.17) is 21.3 Å². The van der Waals surface area contributed by atoms with Gasteiger partial charge in [0.05, 0.1) is 30.3 Å². The molecule has 0 radical (unpaired) electrons. The third-order valence-electron chi connectivity index (χ3n) is 5.11. The first-order chi connectivity index (χ1) is 15.1. The Hall–Kier alpha value is -3.38. The molecule has 0 fully saturated rings. The van der Waals surface area contributed by atoms with Gasteiger partial charge < -0.3 is 15.0 Å². The number of carbonyl (C=O) groups is 1. The predicted molar refractivity (Wildman–Crippen MR) is 122 cm³/mol. The maximum Gasteiger partial charge on any atom is 0.338 e. The van der Waals surface area contributed by atoms with Crippen molar-refractivity contribution >= 4 is 29.7 Å². The average molecular weight is 435 g/mol. The van der Waals surface area contributed by atoms with Gasteiger partial charge in [0, 0.05) is 6.54 Å². The van der Waals surface area contributed by atoms with Crippen LogP contribution in [-0.2, 0) is 16.1 Å². The van der Waals surface area contributed by atoms with Crippen LogP contribution in [0.3, 0.4) is 0 Å². The first kappa shape index (κ1) is 20.9. The second-order valence-corrected chi connectivity index (χ2v) is 7.48. The molecule has 1 N–H and O–H groups in total. The Morgan fingerprint density at radius 3 is 2.48 bits per heavy atom. The maximum atomic E-state index is 12.8. The van der Waals surface area contributed by atoms with E-state index in [1.165, 1.54) is 0 Å². The van der Waals surface area contributed by atoms with Gasteiger partial charge in [-0.2, -0.15) is 0 Å². The lowest BCUT2D eigenvalue weighted by molar-refractivity contribution is -0.139. The topological polar surface area (TPSA) is 66.3 Å². The number of hydrogen-bond donors (Lipinski definition) is 1. The summed E-state index contributed by atoms with van der Waals surface area (Å²) in [5.74, 6) is 0.236. The number of ether oxygens (including phenoxy) is 1. The molecule has 2 heterocycles. The number of nitrogens with one attached hydrogen (secondary N) is 1. The van der Waals surface area contributed by atoms with E-state index in [0.717, 1.165) is 11.1 Å². The van der Waals surface area contributed by atoms with Gasteiger partial charge in [-0.1, -0.05) is 72.3 Å². The monoisotopic (exact) mass is 434 g/mol. The minimum atomic E-state index is -0.421. The number of benzene rings is 2. The van der Waals surface area contributed by atoms with E-state index in [1.807, 2.05) is 72.5 Å². The minimum Gasteiger partial charge on any atom is -0.463 e. The molecule has 0 saturated heterocycles. The summed E-state index contributed by atoms with van der Waals surface area (Å²) in [5.41, 5.74) is 3.75. The number of amidine groups is 1. The highest BCUT2D eigenvalue weighted by molar-refractivity contribution is 6.33. The van der Waals surface area contributed by atoms with Crippen molar-refractivity contribution in [2.75, 3.05) is 6.61 Å². The summed E-state index contributed by atoms with van der Waals surface area (Å²) in [6.07, 6.45) is 1.62. The average Bonchev–Trinajstić information content (AvgIpc) is 2.79. The van der Waals surface area contributed by atoms with Crippen LogP contribution in [0.2, 0.25) is 0 Å². The van der Waals surface area contributed by atoms with Crippen molar-refractivity contribution in [3.05, 3.63) is 93.9 Å². The number of hydrogen-bond acceptors (Lipinski definition) is 6. The van der Waals surface area contributed by atoms with E-state index < -0.39 is 6.04 Å². The van der Waals surface area contributed by atoms with Crippen LogP contribution in [0.5, 0.6) is 0 Å². The zero-order chi connectivity index (χ0) is 21.8. The molecule has 2 aliphatic rings. The Balaban J connectivity index is 1.75. The number of rotatable bonds is 6. The quantitative estimate of drug-likeness (QED) is 0.536. The molecule has 0 amide bonds. The molecule has 0 aliphatic carbocycles. The number of esters is 1. The van der Waals surface area contributed by atoms with E-state index in [1.54, 1.807) is 13.3 Å². The summed E-state index contributed by atoms with van der Waals surface area (Å²) in [6.45, 7) is 4.47. The van der Waals surface area contributed by atoms with Crippen LogP contribution in [-0.4, -0.2) is 29.7 Å². The fourth-order valence-corrected chi connectivity index (χ4v) is 3.88. The molecular weight excluding hydrogens is 412 g/mol. The summed E-state index contributed by atoms with van der Waals surface area (Å²) in [6, 6.07) is 19.4. The van der Waals surface area contributed by atoms with Crippen molar-refractivity contribution in [2.45, 2.75) is 26.4 Å². The van der Waals surface area contributed by atoms with Gasteiger partial charge in [0.15, 0.2) is 11.0 Å². The molecule has 2 aromatic rings. The number of aliphatic imine (C=N–C) groups is 2. The van der Waals surface area contributed by atoms with Gasteiger partial charge in [0.1, 0.15) is 5.70 Å². The van der Waals surface area contributed by atoms with Crippen molar-refractivity contribution in [1.29, 1.82) is 0 Å². The molecule has 2 aromatic carbocycles. The molecule has 31 heavy (non-hydrogen) atoms. The third-order valence-corrected chi connectivity index (χ3v) is 5.39. The smallest absolute Gasteiger partial charge is 0.338 e. The van der Waals surface area contributed by atoms with E-state index in [0.29, 0.717) is 34.5 Å². The standard InChI is InChI=1S/C24H23ClN4O2/c1-3-31-24(30)19-16(2)28-23-20(26-14-17-10-6-4-7-11-17)22(25)27-15-29(23)21(19)18-12-8-5-9-13-18/h4-13,15,21,26H,3,14H2,1-2H3. The molecule has 2 aliphatic heterocycles. The third kappa shape index (κ3) is 4.25. The molecule has 1 unspecified atom stereocenters. The Morgan fingerprint density at radius 1 is 1.13 bits per heavy atom. The van der Waals surface area contributed by atoms with E-state index in [-0.39, 0.29) is 12.6 Å². The molecular formula is C24H23ClN4O2. The fraction of sp³-hybridized carbons (Fsp3) is 0.208. The van der Waals surface area contributed by atoms with Gasteiger partial charge in [-0.05, 0) is 25.0 Å². The molecule has 4 rings (SSSR count). The van der Waals surface area contributed by atoms with Gasteiger partial charge in [0.25, 0.3) is 0 Å². The summed E-state index contributed by atoms with van der Waals surface area (Å²) in [7, 11) is 0. The predicted octanol–water partition coefficient (Wildman–Crippen LogP) is 4.52. The molecule has 7 heteroatoms. The maximum absolute atomic E-state index is 12.8. The second kappa shape index (κ2) is 9.18. The fourth-order valence-electron chi connectivity index (χ4n) is 3.68. The van der Waals surface area contributed by atoms with Crippen molar-refractivity contribution in [3.8, 4) is 0 Å². The number of halogens is 1. The lowest BCUT2D eigenvalue weighted by atomic mass is 9.93. The molecule has 6 nitrogen and oxygen atoms in total. The normalized spacial score (nSPS) is 18.0. The highest BCUT2D eigenvalue weighted by Gasteiger charge is 2.39. The summed E-state index contributed by atoms with van der Waals surface area (Å²) >= 11 is 6.46. The zero-order valence-electron chi connectivity index (χ0n) is 17.4. The van der Waals surface area contributed by atoms with Crippen LogP contribution in [0.4, 0.5) is 0 Å². The van der Waals surface area contributed by atoms with Crippen molar-refractivity contribution in [2.24, 2.45) is 9.98 Å². The van der Waals surface area contributed by atoms with Crippen LogP contribution in [0.25, 0.3) is 0 Å². The van der Waals surface area contributed by atoms with Crippen molar-refractivity contribution < 1.29 is 9.53 Å². The van der Waals surface area contributed by atoms with E-state index in [2.05, 4.69) is 10.3 Å². The Labute approximate surface area is 186 Å². The molecule has 1 atom stereocenters. The van der Waals surface area contributed by atoms with Crippen molar-refractivity contribution in [1.82, 2.24) is 10.2 Å². The summed E-state index contributed by atoms with van der Waals surface area (Å²) in [4.78, 5) is 23.8. The molecule has 158 valence electrons. The van der Waals surface area contributed by atoms with Gasteiger partial charge >= 0.3 is 5.97 Å². The first-order valence-corrected chi connectivity index (χ1v) is 10.5. The van der Waals surface area contributed by atoms with Crippen LogP contribution in [0.1, 0.15) is 31.0 Å². The molecule has 0 bridgehead atoms. The lowest BCUT2D eigenvalue weighted by Crippen LogP contribution is -2.44.